The van der Waals surface area contributed by atoms with Crippen LogP contribution >= 0.6 is 0 Å². The zero-order chi connectivity index (χ0) is 13.9. The molecular weight excluding hydrogens is 277 g/mol. The van der Waals surface area contributed by atoms with Crippen LogP contribution in [0.3, 0.4) is 0 Å². The summed E-state index contributed by atoms with van der Waals surface area (Å²) < 4.78 is 33.3. The van der Waals surface area contributed by atoms with E-state index < -0.39 is 10.0 Å². The van der Waals surface area contributed by atoms with Gasteiger partial charge in [-0.25, -0.2) is 13.1 Å². The molecule has 6 heteroatoms. The Kier molecular flexibility index (Phi) is 5.04. The van der Waals surface area contributed by atoms with Crippen LogP contribution in [-0.2, 0) is 14.8 Å². The van der Waals surface area contributed by atoms with E-state index in [1.807, 2.05) is 6.92 Å². The fourth-order valence-corrected chi connectivity index (χ4v) is 4.05. The largest absolute Gasteiger partial charge is 0.379 e. The number of rotatable bonds is 5. The van der Waals surface area contributed by atoms with Crippen LogP contribution in [0.4, 0.5) is 0 Å². The van der Waals surface area contributed by atoms with Crippen molar-refractivity contribution in [2.45, 2.75) is 25.3 Å². The second kappa shape index (κ2) is 6.38. The Hall–Kier alpha value is -0.378. The fraction of sp³-hybridized carbons (Fsp3) is 0.538. The average molecular weight is 297 g/mol. The number of sulfonamides is 1. The average Bonchev–Trinajstić information content (AvgIpc) is 2.77. The normalized spacial score (nSPS) is 23.6. The molecule has 4 nitrogen and oxygen atoms in total. The van der Waals surface area contributed by atoms with Gasteiger partial charge in [-0.2, -0.15) is 0 Å². The third kappa shape index (κ3) is 4.04. The van der Waals surface area contributed by atoms with Gasteiger partial charge in [-0.15, -0.1) is 4.43 Å². The van der Waals surface area contributed by atoms with Crippen LogP contribution in [0.5, 0.6) is 0 Å². The van der Waals surface area contributed by atoms with Gasteiger partial charge in [0.2, 0.25) is 10.0 Å². The summed E-state index contributed by atoms with van der Waals surface area (Å²) in [6.45, 7) is 2.90. The number of benzene rings is 1. The molecule has 1 N–H and O–H groups in total. The van der Waals surface area contributed by atoms with Crippen LogP contribution in [0.25, 0.3) is 0 Å². The van der Waals surface area contributed by atoms with Gasteiger partial charge in [0.15, 0.2) is 0 Å². The van der Waals surface area contributed by atoms with E-state index >= 15 is 0 Å². The molecule has 19 heavy (non-hydrogen) atoms. The first kappa shape index (κ1) is 15.0. The van der Waals surface area contributed by atoms with Crippen molar-refractivity contribution in [2.75, 3.05) is 19.0 Å². The molecule has 1 saturated heterocycles. The second-order valence-electron chi connectivity index (χ2n) is 5.10. The minimum absolute atomic E-state index is 0.119. The van der Waals surface area contributed by atoms with Gasteiger partial charge in [0.1, 0.15) is 0 Å². The van der Waals surface area contributed by atoms with E-state index in [-0.39, 0.29) is 17.7 Å². The van der Waals surface area contributed by atoms with Crippen molar-refractivity contribution in [1.29, 1.82) is 0 Å². The zero-order valence-corrected chi connectivity index (χ0v) is 14.2. The van der Waals surface area contributed by atoms with Crippen LogP contribution in [0.1, 0.15) is 24.8 Å². The Morgan fingerprint density at radius 2 is 2.00 bits per heavy atom. The molecular formula is C13H20AlNO3S. The highest BCUT2D eigenvalue weighted by atomic mass is 32.2. The molecule has 0 bridgehead atoms. The molecule has 2 atom stereocenters. The van der Waals surface area contributed by atoms with E-state index in [9.17, 15) is 8.42 Å². The third-order valence-electron chi connectivity index (χ3n) is 3.39. The molecule has 104 valence electrons. The molecule has 1 fully saturated rings. The van der Waals surface area contributed by atoms with E-state index in [2.05, 4.69) is 29.0 Å². The van der Waals surface area contributed by atoms with Gasteiger partial charge < -0.3 is 4.74 Å². The van der Waals surface area contributed by atoms with Crippen molar-refractivity contribution in [3.63, 3.8) is 0 Å². The molecule has 1 heterocycles. The molecule has 0 radical (unpaired) electrons. The van der Waals surface area contributed by atoms with E-state index in [1.165, 1.54) is 4.43 Å². The molecule has 2 unspecified atom stereocenters. The summed E-state index contributed by atoms with van der Waals surface area (Å²) >= 11 is 1.03. The Morgan fingerprint density at radius 3 is 2.63 bits per heavy atom. The van der Waals surface area contributed by atoms with Gasteiger partial charge in [0.25, 0.3) is 16.3 Å². The van der Waals surface area contributed by atoms with Crippen molar-refractivity contribution < 1.29 is 13.2 Å². The predicted molar refractivity (Wildman–Crippen MR) is 79.2 cm³/mol. The summed E-state index contributed by atoms with van der Waals surface area (Å²) in [5, 5.41) is 0. The van der Waals surface area contributed by atoms with Crippen LogP contribution in [0.2, 0.25) is 0 Å². The van der Waals surface area contributed by atoms with E-state index in [0.29, 0.717) is 19.6 Å². The Labute approximate surface area is 123 Å². The number of hydrogen-bond donors (Lipinski definition) is 1. The van der Waals surface area contributed by atoms with Gasteiger partial charge >= 0.3 is 0 Å². The molecule has 1 aromatic rings. The van der Waals surface area contributed by atoms with Crippen LogP contribution in [-0.4, -0.2) is 49.7 Å². The molecule has 2 rings (SSSR count). The fourth-order valence-electron chi connectivity index (χ4n) is 2.37. The highest BCUT2D eigenvalue weighted by molar-refractivity contribution is 7.89. The lowest BCUT2D eigenvalue weighted by Crippen LogP contribution is -2.40. The molecule has 0 amide bonds. The van der Waals surface area contributed by atoms with Gasteiger partial charge in [-0.05, 0) is 12.0 Å². The minimum Gasteiger partial charge on any atom is -0.379 e. The summed E-state index contributed by atoms with van der Waals surface area (Å²) in [4.78, 5) is 0. The third-order valence-corrected chi connectivity index (χ3v) is 5.66. The minimum atomic E-state index is -3.19. The molecule has 0 spiro atoms. The van der Waals surface area contributed by atoms with Crippen molar-refractivity contribution in [3.8, 4) is 0 Å². The highest BCUT2D eigenvalue weighted by Crippen LogP contribution is 2.25. The lowest BCUT2D eigenvalue weighted by Gasteiger charge is -2.19. The summed E-state index contributed by atoms with van der Waals surface area (Å²) in [7, 11) is -3.19. The number of hydrogen-bond acceptors (Lipinski definition) is 3. The first-order chi connectivity index (χ1) is 9.02. The van der Waals surface area contributed by atoms with Gasteiger partial charge in [-0.3, -0.25) is 0 Å². The van der Waals surface area contributed by atoms with Gasteiger partial charge in [-0.1, -0.05) is 31.2 Å². The second-order valence-corrected chi connectivity index (χ2v) is 8.13. The van der Waals surface area contributed by atoms with Crippen molar-refractivity contribution >= 4 is 30.7 Å². The standard InChI is InChI=1S/C13H18NO3S.Al.2H/c1-2-8-18(15,16)14-13-10-17-9-12(13)11-6-4-3-5-7-11;;;/h4-7,12-14H,2,8-10H2,1H3;;;. The summed E-state index contributed by atoms with van der Waals surface area (Å²) in [5.41, 5.74) is 1.15. The SMILES string of the molecule is CCCS(=O)(=O)NC1COCC1c1cc[c]([AlH2])cc1. The molecule has 0 saturated carbocycles. The number of nitrogens with one attached hydrogen (secondary N) is 1. The number of ether oxygens (including phenoxy) is 1. The topological polar surface area (TPSA) is 55.4 Å². The lowest BCUT2D eigenvalue weighted by atomic mass is 9.95. The smallest absolute Gasteiger partial charge is 0.258 e. The molecule has 0 aromatic heterocycles. The van der Waals surface area contributed by atoms with Gasteiger partial charge in [0, 0.05) is 5.92 Å². The quantitative estimate of drug-likeness (QED) is 0.763. The van der Waals surface area contributed by atoms with E-state index in [1.54, 1.807) is 0 Å². The van der Waals surface area contributed by atoms with Crippen molar-refractivity contribution in [2.24, 2.45) is 0 Å². The van der Waals surface area contributed by atoms with Crippen LogP contribution < -0.4 is 9.15 Å². The summed E-state index contributed by atoms with van der Waals surface area (Å²) in [6.07, 6.45) is 0.628. The maximum absolute atomic E-state index is 11.9. The maximum atomic E-state index is 11.9. The van der Waals surface area contributed by atoms with E-state index in [0.717, 1.165) is 21.9 Å². The summed E-state index contributed by atoms with van der Waals surface area (Å²) in [5.74, 6) is 0.296. The predicted octanol–water partition coefficient (Wildman–Crippen LogP) is -0.243. The first-order valence-corrected chi connectivity index (χ1v) is 9.31. The molecule has 1 aliphatic heterocycles. The van der Waals surface area contributed by atoms with Gasteiger partial charge in [0.05, 0.1) is 25.0 Å². The Bertz CT molecular complexity index is 515. The van der Waals surface area contributed by atoms with Crippen LogP contribution in [0.15, 0.2) is 24.3 Å². The Balaban J connectivity index is 2.11. The lowest BCUT2D eigenvalue weighted by molar-refractivity contribution is 0.189. The molecule has 1 aliphatic rings. The van der Waals surface area contributed by atoms with Crippen molar-refractivity contribution in [3.05, 3.63) is 29.8 Å². The van der Waals surface area contributed by atoms with Crippen molar-refractivity contribution in [1.82, 2.24) is 4.72 Å². The maximum Gasteiger partial charge on any atom is 0.258 e. The molecule has 0 aliphatic carbocycles. The summed E-state index contributed by atoms with van der Waals surface area (Å²) in [6, 6.07) is 8.25. The Morgan fingerprint density at radius 1 is 1.32 bits per heavy atom. The van der Waals surface area contributed by atoms with E-state index in [4.69, 9.17) is 4.74 Å². The zero-order valence-electron chi connectivity index (χ0n) is 11.4. The van der Waals surface area contributed by atoms with Crippen LogP contribution in [0, 0.1) is 0 Å². The molecule has 1 aromatic carbocycles. The first-order valence-electron chi connectivity index (χ1n) is 6.66. The monoisotopic (exact) mass is 297 g/mol. The highest BCUT2D eigenvalue weighted by Gasteiger charge is 2.32.